The van der Waals surface area contributed by atoms with Crippen LogP contribution in [0.4, 0.5) is 24.5 Å². The molecule has 1 aliphatic rings. The second kappa shape index (κ2) is 6.38. The molecule has 9 heteroatoms. The van der Waals surface area contributed by atoms with Crippen LogP contribution in [-0.4, -0.2) is 16.9 Å². The van der Waals surface area contributed by atoms with Gasteiger partial charge in [0.05, 0.1) is 11.3 Å². The van der Waals surface area contributed by atoms with Gasteiger partial charge in [0.2, 0.25) is 0 Å². The summed E-state index contributed by atoms with van der Waals surface area (Å²) in [7, 11) is 0. The van der Waals surface area contributed by atoms with Crippen LogP contribution in [0.15, 0.2) is 59.3 Å². The summed E-state index contributed by atoms with van der Waals surface area (Å²) < 4.78 is 38.6. The normalized spacial score (nSPS) is 15.0. The number of carbonyl (C=O) groups excluding carboxylic acids is 2. The molecule has 3 rings (SSSR count). The third kappa shape index (κ3) is 3.23. The van der Waals surface area contributed by atoms with Crippen molar-refractivity contribution in [3.8, 4) is 5.75 Å². The fraction of sp³-hybridized carbons (Fsp3) is 0.0588. The number of hydrogen-bond acceptors (Lipinski definition) is 4. The van der Waals surface area contributed by atoms with E-state index in [2.05, 4.69) is 5.32 Å². The van der Waals surface area contributed by atoms with Gasteiger partial charge >= 0.3 is 6.18 Å². The van der Waals surface area contributed by atoms with Crippen molar-refractivity contribution in [1.29, 1.82) is 0 Å². The van der Waals surface area contributed by atoms with Crippen LogP contribution < -0.4 is 10.2 Å². The topological polar surface area (TPSA) is 69.6 Å². The summed E-state index contributed by atoms with van der Waals surface area (Å²) >= 11 is 5.91. The lowest BCUT2D eigenvalue weighted by atomic mass is 10.2. The van der Waals surface area contributed by atoms with E-state index in [1.807, 2.05) is 0 Å². The zero-order valence-corrected chi connectivity index (χ0v) is 13.6. The number of phenolic OH excluding ortho intramolecular Hbond substituents is 1. The van der Waals surface area contributed by atoms with E-state index in [0.29, 0.717) is 11.0 Å². The monoisotopic (exact) mass is 382 g/mol. The number of aromatic hydroxyl groups is 1. The maximum atomic E-state index is 12.9. The van der Waals surface area contributed by atoms with Gasteiger partial charge in [-0.25, -0.2) is 4.90 Å². The van der Waals surface area contributed by atoms with Crippen molar-refractivity contribution in [2.24, 2.45) is 0 Å². The molecule has 2 aromatic rings. The van der Waals surface area contributed by atoms with Crippen LogP contribution in [0.2, 0.25) is 0 Å². The Hall–Kier alpha value is -3.00. The SMILES string of the molecule is O=C1C(Cl)=C(Nc2cccc(O)c2)C(=O)N1c1cccc(C(F)(F)F)c1. The molecule has 2 N–H and O–H groups in total. The van der Waals surface area contributed by atoms with Gasteiger partial charge < -0.3 is 10.4 Å². The van der Waals surface area contributed by atoms with Crippen LogP contribution in [0.1, 0.15) is 5.56 Å². The Morgan fingerprint density at radius 2 is 1.69 bits per heavy atom. The number of hydrogen-bond donors (Lipinski definition) is 2. The molecule has 0 fully saturated rings. The summed E-state index contributed by atoms with van der Waals surface area (Å²) in [4.78, 5) is 25.4. The summed E-state index contributed by atoms with van der Waals surface area (Å²) in [6.45, 7) is 0. The molecule has 1 heterocycles. The lowest BCUT2D eigenvalue weighted by Gasteiger charge is -2.17. The van der Waals surface area contributed by atoms with E-state index in [9.17, 15) is 27.9 Å². The van der Waals surface area contributed by atoms with E-state index in [1.165, 1.54) is 30.3 Å². The smallest absolute Gasteiger partial charge is 0.416 e. The molecule has 0 bridgehead atoms. The van der Waals surface area contributed by atoms with Gasteiger partial charge in [0, 0.05) is 11.8 Å². The highest BCUT2D eigenvalue weighted by Crippen LogP contribution is 2.35. The average Bonchev–Trinajstić information content (AvgIpc) is 2.78. The van der Waals surface area contributed by atoms with Gasteiger partial charge in [-0.1, -0.05) is 23.7 Å². The van der Waals surface area contributed by atoms with Crippen molar-refractivity contribution in [1.82, 2.24) is 0 Å². The highest BCUT2D eigenvalue weighted by Gasteiger charge is 2.40. The van der Waals surface area contributed by atoms with Crippen LogP contribution >= 0.6 is 11.6 Å². The number of benzene rings is 2. The second-order valence-corrected chi connectivity index (χ2v) is 5.74. The number of rotatable bonds is 3. The van der Waals surface area contributed by atoms with Crippen molar-refractivity contribution >= 4 is 34.8 Å². The van der Waals surface area contributed by atoms with Gasteiger partial charge in [0.15, 0.2) is 0 Å². The quantitative estimate of drug-likeness (QED) is 0.791. The standard InChI is InChI=1S/C17H10ClF3N2O3/c18-13-14(22-10-4-2-6-12(24)8-10)16(26)23(15(13)25)11-5-1-3-9(7-11)17(19,20)21/h1-8,22,24H. The van der Waals surface area contributed by atoms with Gasteiger partial charge in [-0.3, -0.25) is 9.59 Å². The molecule has 0 spiro atoms. The second-order valence-electron chi connectivity index (χ2n) is 5.36. The number of alkyl halides is 3. The van der Waals surface area contributed by atoms with Crippen LogP contribution in [0.25, 0.3) is 0 Å². The molecule has 2 aromatic carbocycles. The predicted octanol–water partition coefficient (Wildman–Crippen LogP) is 3.85. The Morgan fingerprint density at radius 3 is 2.35 bits per heavy atom. The third-order valence-electron chi connectivity index (χ3n) is 3.57. The Morgan fingerprint density at radius 1 is 1.00 bits per heavy atom. The number of amides is 2. The van der Waals surface area contributed by atoms with Gasteiger partial charge in [-0.05, 0) is 30.3 Å². The molecule has 0 saturated heterocycles. The summed E-state index contributed by atoms with van der Waals surface area (Å²) in [6.07, 6.45) is -4.62. The van der Waals surface area contributed by atoms with Crippen molar-refractivity contribution in [2.45, 2.75) is 6.18 Å². The molecule has 1 aliphatic heterocycles. The van der Waals surface area contributed by atoms with Gasteiger partial charge in [-0.15, -0.1) is 0 Å². The molecule has 0 saturated carbocycles. The van der Waals surface area contributed by atoms with Crippen molar-refractivity contribution in [3.63, 3.8) is 0 Å². The molecule has 0 unspecified atom stereocenters. The van der Waals surface area contributed by atoms with Gasteiger partial charge in [-0.2, -0.15) is 13.2 Å². The zero-order valence-electron chi connectivity index (χ0n) is 12.8. The van der Waals surface area contributed by atoms with E-state index in [-0.39, 0.29) is 22.8 Å². The molecule has 0 atom stereocenters. The van der Waals surface area contributed by atoms with Crippen molar-refractivity contribution in [3.05, 3.63) is 64.8 Å². The predicted molar refractivity (Wildman–Crippen MR) is 88.5 cm³/mol. The minimum Gasteiger partial charge on any atom is -0.508 e. The van der Waals surface area contributed by atoms with E-state index in [4.69, 9.17) is 11.6 Å². The molecule has 5 nitrogen and oxygen atoms in total. The lowest BCUT2D eigenvalue weighted by molar-refractivity contribution is -0.137. The molecule has 0 aromatic heterocycles. The Bertz CT molecular complexity index is 941. The van der Waals surface area contributed by atoms with Crippen molar-refractivity contribution in [2.75, 3.05) is 10.2 Å². The first kappa shape index (κ1) is 17.8. The largest absolute Gasteiger partial charge is 0.508 e. The molecule has 134 valence electrons. The fourth-order valence-corrected chi connectivity index (χ4v) is 2.61. The van der Waals surface area contributed by atoms with Crippen molar-refractivity contribution < 1.29 is 27.9 Å². The number of nitrogens with one attached hydrogen (secondary N) is 1. The number of halogens is 4. The lowest BCUT2D eigenvalue weighted by Crippen LogP contribution is -2.32. The first-order valence-electron chi connectivity index (χ1n) is 7.20. The molecule has 2 amide bonds. The van der Waals surface area contributed by atoms with E-state index in [1.54, 1.807) is 0 Å². The number of carbonyl (C=O) groups is 2. The number of nitrogens with zero attached hydrogens (tertiary/aromatic N) is 1. The first-order chi connectivity index (χ1) is 12.2. The summed E-state index contributed by atoms with van der Waals surface area (Å²) in [5.74, 6) is -1.93. The summed E-state index contributed by atoms with van der Waals surface area (Å²) in [5.41, 5.74) is -1.26. The molecule has 26 heavy (non-hydrogen) atoms. The molecule has 0 aliphatic carbocycles. The Kier molecular flexibility index (Phi) is 4.37. The average molecular weight is 383 g/mol. The number of phenols is 1. The minimum atomic E-state index is -4.62. The zero-order chi connectivity index (χ0) is 19.1. The van der Waals surface area contributed by atoms with E-state index in [0.717, 1.165) is 12.1 Å². The van der Waals surface area contributed by atoms with Crippen LogP contribution in [0.3, 0.4) is 0 Å². The number of anilines is 2. The number of imide groups is 1. The fourth-order valence-electron chi connectivity index (χ4n) is 2.40. The van der Waals surface area contributed by atoms with Crippen LogP contribution in [0, 0.1) is 0 Å². The Labute approximate surface area is 150 Å². The van der Waals surface area contributed by atoms with E-state index < -0.39 is 28.6 Å². The summed E-state index contributed by atoms with van der Waals surface area (Å²) in [6, 6.07) is 9.52. The van der Waals surface area contributed by atoms with Crippen LogP contribution in [-0.2, 0) is 15.8 Å². The highest BCUT2D eigenvalue weighted by atomic mass is 35.5. The van der Waals surface area contributed by atoms with Crippen LogP contribution in [0.5, 0.6) is 5.75 Å². The molecular weight excluding hydrogens is 373 g/mol. The first-order valence-corrected chi connectivity index (χ1v) is 7.58. The van der Waals surface area contributed by atoms with Gasteiger partial charge in [0.1, 0.15) is 16.5 Å². The maximum Gasteiger partial charge on any atom is 0.416 e. The third-order valence-corrected chi connectivity index (χ3v) is 3.93. The van der Waals surface area contributed by atoms with E-state index >= 15 is 0 Å². The highest BCUT2D eigenvalue weighted by molar-refractivity contribution is 6.53. The van der Waals surface area contributed by atoms with Gasteiger partial charge in [0.25, 0.3) is 11.8 Å². The summed E-state index contributed by atoms with van der Waals surface area (Å²) in [5, 5.41) is 11.6. The maximum absolute atomic E-state index is 12.9. The minimum absolute atomic E-state index is 0.0850. The molecule has 0 radical (unpaired) electrons. The molecular formula is C17H10ClF3N2O3. The Balaban J connectivity index is 1.94.